The molecule has 3 heterocycles. The normalized spacial score (nSPS) is 28.5. The molecular weight excluding hydrogens is 476 g/mol. The molecule has 7 nitrogen and oxygen atoms in total. The van der Waals surface area contributed by atoms with E-state index in [1.165, 1.54) is 0 Å². The third-order valence-electron chi connectivity index (χ3n) is 7.93. The zero-order valence-corrected chi connectivity index (χ0v) is 21.5. The maximum atomic E-state index is 13.9. The summed E-state index contributed by atoms with van der Waals surface area (Å²) in [6.07, 6.45) is 4.79. The average Bonchev–Trinajstić information content (AvgIpc) is 3.51. The SMILES string of the molecule is CCOC(=O)[C@@H]1[C@H]2C(=O)N(CCCCCCO)C(C(=O)Nc3ccc4ccccc4c3)C23CC[C@H]1S3. The summed E-state index contributed by atoms with van der Waals surface area (Å²) in [6, 6.07) is 13.2. The highest BCUT2D eigenvalue weighted by Gasteiger charge is 2.73. The topological polar surface area (TPSA) is 95.9 Å². The van der Waals surface area contributed by atoms with E-state index >= 15 is 0 Å². The molecule has 3 aliphatic heterocycles. The predicted octanol–water partition coefficient (Wildman–Crippen LogP) is 3.99. The van der Waals surface area contributed by atoms with E-state index in [0.717, 1.165) is 49.3 Å². The summed E-state index contributed by atoms with van der Waals surface area (Å²) in [5, 5.41) is 14.3. The molecule has 2 N–H and O–H groups in total. The lowest BCUT2D eigenvalue weighted by Gasteiger charge is -2.34. The number of amides is 2. The number of fused-ring (bicyclic) bond motifs is 2. The molecule has 3 saturated heterocycles. The summed E-state index contributed by atoms with van der Waals surface area (Å²) in [5.41, 5.74) is 0.702. The molecule has 2 bridgehead atoms. The third kappa shape index (κ3) is 4.28. The van der Waals surface area contributed by atoms with Gasteiger partial charge in [0, 0.05) is 24.1 Å². The number of esters is 1. The Morgan fingerprint density at radius 1 is 1.14 bits per heavy atom. The number of hydrogen-bond donors (Lipinski definition) is 2. The Kier molecular flexibility index (Phi) is 7.26. The lowest BCUT2D eigenvalue weighted by molar-refractivity contribution is -0.153. The smallest absolute Gasteiger partial charge is 0.310 e. The average molecular weight is 511 g/mol. The first-order chi connectivity index (χ1) is 17.5. The van der Waals surface area contributed by atoms with E-state index in [1.54, 1.807) is 23.6 Å². The summed E-state index contributed by atoms with van der Waals surface area (Å²) in [4.78, 5) is 42.4. The van der Waals surface area contributed by atoms with Gasteiger partial charge in [0.2, 0.25) is 11.8 Å². The molecule has 2 amide bonds. The van der Waals surface area contributed by atoms with Gasteiger partial charge in [-0.3, -0.25) is 14.4 Å². The van der Waals surface area contributed by atoms with Crippen molar-refractivity contribution in [2.75, 3.05) is 25.1 Å². The largest absolute Gasteiger partial charge is 0.466 e. The number of thioether (sulfide) groups is 1. The first-order valence-electron chi connectivity index (χ1n) is 13.1. The van der Waals surface area contributed by atoms with Crippen LogP contribution < -0.4 is 5.32 Å². The molecule has 2 aromatic carbocycles. The molecule has 36 heavy (non-hydrogen) atoms. The van der Waals surface area contributed by atoms with E-state index in [0.29, 0.717) is 12.2 Å². The number of nitrogens with one attached hydrogen (secondary N) is 1. The Labute approximate surface area is 215 Å². The second-order valence-electron chi connectivity index (χ2n) is 10.0. The zero-order chi connectivity index (χ0) is 25.3. The van der Waals surface area contributed by atoms with Crippen molar-refractivity contribution in [1.82, 2.24) is 4.90 Å². The Morgan fingerprint density at radius 3 is 2.69 bits per heavy atom. The van der Waals surface area contributed by atoms with Crippen LogP contribution in [-0.4, -0.2) is 63.6 Å². The molecule has 0 aliphatic carbocycles. The number of likely N-dealkylation sites (tertiary alicyclic amines) is 1. The van der Waals surface area contributed by atoms with Crippen molar-refractivity contribution in [3.8, 4) is 0 Å². The highest BCUT2D eigenvalue weighted by molar-refractivity contribution is 8.02. The number of ether oxygens (including phenoxy) is 1. The second kappa shape index (κ2) is 10.4. The van der Waals surface area contributed by atoms with E-state index in [9.17, 15) is 14.4 Å². The summed E-state index contributed by atoms with van der Waals surface area (Å²) in [7, 11) is 0. The molecule has 0 saturated carbocycles. The van der Waals surface area contributed by atoms with Crippen LogP contribution in [0.4, 0.5) is 5.69 Å². The number of aliphatic hydroxyl groups excluding tert-OH is 1. The van der Waals surface area contributed by atoms with Crippen LogP contribution in [0.5, 0.6) is 0 Å². The van der Waals surface area contributed by atoms with Crippen molar-refractivity contribution in [1.29, 1.82) is 0 Å². The van der Waals surface area contributed by atoms with Crippen LogP contribution in [0, 0.1) is 11.8 Å². The van der Waals surface area contributed by atoms with E-state index < -0.39 is 22.6 Å². The van der Waals surface area contributed by atoms with Gasteiger partial charge in [0.05, 0.1) is 23.2 Å². The number of nitrogens with zero attached hydrogens (tertiary/aromatic N) is 1. The fourth-order valence-corrected chi connectivity index (χ4v) is 8.63. The number of hydrogen-bond acceptors (Lipinski definition) is 6. The van der Waals surface area contributed by atoms with E-state index in [-0.39, 0.29) is 36.2 Å². The molecule has 5 atom stereocenters. The number of aliphatic hydroxyl groups is 1. The number of rotatable bonds is 10. The highest BCUT2D eigenvalue weighted by atomic mass is 32.2. The monoisotopic (exact) mass is 510 g/mol. The number of anilines is 1. The van der Waals surface area contributed by atoms with Crippen molar-refractivity contribution < 1.29 is 24.2 Å². The van der Waals surface area contributed by atoms with Crippen LogP contribution in [0.1, 0.15) is 45.4 Å². The number of benzene rings is 2. The minimum absolute atomic E-state index is 0.0145. The highest BCUT2D eigenvalue weighted by Crippen LogP contribution is 2.66. The van der Waals surface area contributed by atoms with Crippen LogP contribution in [0.25, 0.3) is 10.8 Å². The van der Waals surface area contributed by atoms with Gasteiger partial charge < -0.3 is 20.1 Å². The quantitative estimate of drug-likeness (QED) is 0.371. The summed E-state index contributed by atoms with van der Waals surface area (Å²) in [5.74, 6) is -1.61. The molecule has 2 aromatic rings. The van der Waals surface area contributed by atoms with Crippen LogP contribution in [0.3, 0.4) is 0 Å². The van der Waals surface area contributed by atoms with Gasteiger partial charge in [0.25, 0.3) is 0 Å². The van der Waals surface area contributed by atoms with Gasteiger partial charge in [-0.2, -0.15) is 0 Å². The van der Waals surface area contributed by atoms with Crippen molar-refractivity contribution in [2.45, 2.75) is 61.5 Å². The maximum absolute atomic E-state index is 13.9. The molecule has 3 aliphatic rings. The molecule has 3 fully saturated rings. The first kappa shape index (κ1) is 25.1. The Morgan fingerprint density at radius 2 is 1.92 bits per heavy atom. The number of unbranched alkanes of at least 4 members (excludes halogenated alkanes) is 3. The van der Waals surface area contributed by atoms with Gasteiger partial charge in [-0.1, -0.05) is 43.2 Å². The molecule has 0 aromatic heterocycles. The van der Waals surface area contributed by atoms with E-state index in [2.05, 4.69) is 5.32 Å². The summed E-state index contributed by atoms with van der Waals surface area (Å²) < 4.78 is 4.77. The van der Waals surface area contributed by atoms with Crippen molar-refractivity contribution >= 4 is 46.0 Å². The molecule has 5 rings (SSSR count). The molecule has 0 radical (unpaired) electrons. The van der Waals surface area contributed by atoms with Crippen LogP contribution in [0.15, 0.2) is 42.5 Å². The molecular formula is C28H34N2O5S. The molecule has 1 spiro atoms. The standard InChI is InChI=1S/C28H34N2O5S/c1-2-35-27(34)22-21-13-14-28(36-21)23(22)26(33)30(15-7-3-4-8-16-31)24(28)25(32)29-20-12-11-18-9-5-6-10-19(18)17-20/h5-6,9-12,17,21-24,31H,2-4,7-8,13-16H2,1H3,(H,29,32)/t21-,22+,23+,24?,28?/m1/s1. The molecule has 8 heteroatoms. The zero-order valence-electron chi connectivity index (χ0n) is 20.7. The van der Waals surface area contributed by atoms with Crippen molar-refractivity contribution in [3.63, 3.8) is 0 Å². The van der Waals surface area contributed by atoms with E-state index in [1.807, 2.05) is 42.5 Å². The lowest BCUT2D eigenvalue weighted by Crippen LogP contribution is -2.51. The first-order valence-corrected chi connectivity index (χ1v) is 13.9. The van der Waals surface area contributed by atoms with Crippen molar-refractivity contribution in [2.24, 2.45) is 11.8 Å². The minimum atomic E-state index is -0.631. The van der Waals surface area contributed by atoms with Gasteiger partial charge in [-0.15, -0.1) is 11.8 Å². The van der Waals surface area contributed by atoms with Gasteiger partial charge in [-0.05, 0) is 55.5 Å². The van der Waals surface area contributed by atoms with Gasteiger partial charge >= 0.3 is 5.97 Å². The predicted molar refractivity (Wildman–Crippen MR) is 141 cm³/mol. The van der Waals surface area contributed by atoms with Gasteiger partial charge in [0.15, 0.2) is 0 Å². The third-order valence-corrected chi connectivity index (χ3v) is 9.88. The fourth-order valence-electron chi connectivity index (χ4n) is 6.43. The summed E-state index contributed by atoms with van der Waals surface area (Å²) in [6.45, 7) is 2.69. The molecule has 192 valence electrons. The second-order valence-corrected chi connectivity index (χ2v) is 11.6. The van der Waals surface area contributed by atoms with E-state index in [4.69, 9.17) is 9.84 Å². The van der Waals surface area contributed by atoms with Gasteiger partial charge in [-0.25, -0.2) is 0 Å². The number of carbonyl (C=O) groups is 3. The Hall–Kier alpha value is -2.58. The fraction of sp³-hybridized carbons (Fsp3) is 0.536. The van der Waals surface area contributed by atoms with Crippen LogP contribution >= 0.6 is 11.8 Å². The Balaban J connectivity index is 1.43. The van der Waals surface area contributed by atoms with Crippen LogP contribution in [0.2, 0.25) is 0 Å². The number of carbonyl (C=O) groups excluding carboxylic acids is 3. The summed E-state index contributed by atoms with van der Waals surface area (Å²) >= 11 is 1.66. The van der Waals surface area contributed by atoms with Crippen molar-refractivity contribution in [3.05, 3.63) is 42.5 Å². The molecule has 2 unspecified atom stereocenters. The minimum Gasteiger partial charge on any atom is -0.466 e. The maximum Gasteiger partial charge on any atom is 0.310 e. The Bertz CT molecular complexity index is 1160. The lowest BCUT2D eigenvalue weighted by atomic mass is 9.71. The van der Waals surface area contributed by atoms with Crippen LogP contribution in [-0.2, 0) is 19.1 Å². The van der Waals surface area contributed by atoms with Gasteiger partial charge in [0.1, 0.15) is 6.04 Å².